The molecule has 3 rings (SSSR count). The molecule has 27 heavy (non-hydrogen) atoms. The summed E-state index contributed by atoms with van der Waals surface area (Å²) in [6.45, 7) is 3.66. The number of aryl methyl sites for hydroxylation is 1. The van der Waals surface area contributed by atoms with Crippen LogP contribution in [0.4, 0.5) is 11.4 Å². The van der Waals surface area contributed by atoms with E-state index in [1.807, 2.05) is 0 Å². The number of nitrogens with one attached hydrogen (secondary N) is 1. The molecule has 0 fully saturated rings. The van der Waals surface area contributed by atoms with Crippen LogP contribution in [-0.4, -0.2) is 23.4 Å². The van der Waals surface area contributed by atoms with Gasteiger partial charge >= 0.3 is 5.97 Å². The number of fused-ring (bicyclic) bond motifs is 1. The van der Waals surface area contributed by atoms with Gasteiger partial charge in [-0.15, -0.1) is 11.3 Å². The Balaban J connectivity index is 1.84. The van der Waals surface area contributed by atoms with Crippen LogP contribution in [0, 0.1) is 17.0 Å². The third-order valence-electron chi connectivity index (χ3n) is 3.92. The predicted molar refractivity (Wildman–Crippen MR) is 104 cm³/mol. The van der Waals surface area contributed by atoms with E-state index >= 15 is 0 Å². The fourth-order valence-electron chi connectivity index (χ4n) is 2.57. The van der Waals surface area contributed by atoms with Gasteiger partial charge in [-0.2, -0.15) is 0 Å². The minimum atomic E-state index is -0.513. The van der Waals surface area contributed by atoms with Crippen LogP contribution in [0.25, 0.3) is 10.1 Å². The molecule has 138 valence electrons. The van der Waals surface area contributed by atoms with E-state index in [4.69, 9.17) is 4.74 Å². The number of carbonyl (C=O) groups is 2. The van der Waals surface area contributed by atoms with Gasteiger partial charge in [0.05, 0.1) is 11.5 Å². The Morgan fingerprint density at radius 1 is 1.19 bits per heavy atom. The maximum Gasteiger partial charge on any atom is 0.348 e. The van der Waals surface area contributed by atoms with E-state index in [1.54, 1.807) is 50.2 Å². The lowest BCUT2D eigenvalue weighted by atomic mass is 10.1. The fraction of sp³-hybridized carbons (Fsp3) is 0.158. The highest BCUT2D eigenvalue weighted by atomic mass is 32.1. The first-order valence-corrected chi connectivity index (χ1v) is 8.98. The van der Waals surface area contributed by atoms with Crippen molar-refractivity contribution >= 4 is 44.7 Å². The zero-order chi connectivity index (χ0) is 19.6. The largest absolute Gasteiger partial charge is 0.462 e. The Kier molecular flexibility index (Phi) is 5.18. The highest BCUT2D eigenvalue weighted by Gasteiger charge is 2.16. The minimum Gasteiger partial charge on any atom is -0.462 e. The summed E-state index contributed by atoms with van der Waals surface area (Å²) < 4.78 is 5.89. The van der Waals surface area contributed by atoms with Crippen LogP contribution < -0.4 is 5.32 Å². The molecule has 0 aliphatic carbocycles. The number of nitro benzene ring substituents is 1. The van der Waals surface area contributed by atoms with Gasteiger partial charge in [-0.05, 0) is 49.6 Å². The second kappa shape index (κ2) is 7.55. The van der Waals surface area contributed by atoms with Crippen molar-refractivity contribution in [3.8, 4) is 0 Å². The summed E-state index contributed by atoms with van der Waals surface area (Å²) in [5, 5.41) is 14.6. The zero-order valence-electron chi connectivity index (χ0n) is 14.6. The average Bonchev–Trinajstić information content (AvgIpc) is 3.05. The molecule has 0 bridgehead atoms. The van der Waals surface area contributed by atoms with Gasteiger partial charge in [0.2, 0.25) is 0 Å². The van der Waals surface area contributed by atoms with Gasteiger partial charge in [-0.25, -0.2) is 4.79 Å². The van der Waals surface area contributed by atoms with E-state index in [-0.39, 0.29) is 17.2 Å². The summed E-state index contributed by atoms with van der Waals surface area (Å²) in [5.41, 5.74) is 1.12. The van der Waals surface area contributed by atoms with Gasteiger partial charge in [-0.1, -0.05) is 6.07 Å². The van der Waals surface area contributed by atoms with E-state index in [0.29, 0.717) is 22.7 Å². The zero-order valence-corrected chi connectivity index (χ0v) is 15.5. The van der Waals surface area contributed by atoms with Gasteiger partial charge in [0.15, 0.2) is 0 Å². The molecule has 7 nitrogen and oxygen atoms in total. The van der Waals surface area contributed by atoms with Crippen LogP contribution in [0.2, 0.25) is 0 Å². The molecular weight excluding hydrogens is 368 g/mol. The molecule has 0 radical (unpaired) electrons. The van der Waals surface area contributed by atoms with Crippen molar-refractivity contribution in [1.29, 1.82) is 0 Å². The van der Waals surface area contributed by atoms with Crippen molar-refractivity contribution in [2.24, 2.45) is 0 Å². The number of carbonyl (C=O) groups excluding carboxylic acids is 2. The molecule has 0 saturated carbocycles. The molecule has 3 aromatic rings. The fourth-order valence-corrected chi connectivity index (χ4v) is 3.51. The summed E-state index contributed by atoms with van der Waals surface area (Å²) >= 11 is 1.31. The maximum absolute atomic E-state index is 12.4. The third-order valence-corrected chi connectivity index (χ3v) is 5.01. The van der Waals surface area contributed by atoms with E-state index in [1.165, 1.54) is 17.4 Å². The van der Waals surface area contributed by atoms with Crippen LogP contribution in [-0.2, 0) is 4.74 Å². The third kappa shape index (κ3) is 3.95. The van der Waals surface area contributed by atoms with Crippen LogP contribution in [0.5, 0.6) is 0 Å². The number of anilines is 1. The molecule has 1 N–H and O–H groups in total. The quantitative estimate of drug-likeness (QED) is 0.395. The average molecular weight is 384 g/mol. The molecule has 2 aromatic carbocycles. The first-order valence-electron chi connectivity index (χ1n) is 8.16. The smallest absolute Gasteiger partial charge is 0.348 e. The Morgan fingerprint density at radius 3 is 2.67 bits per heavy atom. The molecular formula is C19H16N2O5S. The molecule has 0 aliphatic rings. The molecule has 0 spiro atoms. The molecule has 0 aliphatic heterocycles. The topological polar surface area (TPSA) is 98.5 Å². The minimum absolute atomic E-state index is 0.102. The van der Waals surface area contributed by atoms with Crippen molar-refractivity contribution < 1.29 is 19.2 Å². The first kappa shape index (κ1) is 18.5. The molecule has 0 unspecified atom stereocenters. The molecule has 8 heteroatoms. The van der Waals surface area contributed by atoms with E-state index in [2.05, 4.69) is 5.32 Å². The van der Waals surface area contributed by atoms with Gasteiger partial charge in [0.1, 0.15) is 4.88 Å². The van der Waals surface area contributed by atoms with Gasteiger partial charge in [-0.3, -0.25) is 14.9 Å². The molecule has 1 amide bonds. The number of ether oxygens (including phenoxy) is 1. The number of thiophene rings is 1. The van der Waals surface area contributed by atoms with Crippen molar-refractivity contribution in [2.75, 3.05) is 11.9 Å². The first-order chi connectivity index (χ1) is 12.9. The van der Waals surface area contributed by atoms with Crippen molar-refractivity contribution in [3.63, 3.8) is 0 Å². The highest BCUT2D eigenvalue weighted by molar-refractivity contribution is 7.20. The Hall–Kier alpha value is -3.26. The van der Waals surface area contributed by atoms with Crippen molar-refractivity contribution in [3.05, 3.63) is 68.6 Å². The number of hydrogen-bond acceptors (Lipinski definition) is 6. The Bertz CT molecular complexity index is 1060. The van der Waals surface area contributed by atoms with Crippen molar-refractivity contribution in [2.45, 2.75) is 13.8 Å². The number of hydrogen-bond donors (Lipinski definition) is 1. The van der Waals surface area contributed by atoms with E-state index < -0.39 is 10.8 Å². The Labute approximate surface area is 158 Å². The lowest BCUT2D eigenvalue weighted by molar-refractivity contribution is -0.385. The van der Waals surface area contributed by atoms with E-state index in [9.17, 15) is 19.7 Å². The van der Waals surface area contributed by atoms with Crippen molar-refractivity contribution in [1.82, 2.24) is 0 Å². The van der Waals surface area contributed by atoms with Gasteiger partial charge in [0, 0.05) is 27.6 Å². The molecule has 1 heterocycles. The number of amides is 1. The summed E-state index contributed by atoms with van der Waals surface area (Å²) in [6, 6.07) is 11.3. The molecule has 0 atom stereocenters. The van der Waals surface area contributed by atoms with Crippen LogP contribution in [0.1, 0.15) is 32.5 Å². The number of esters is 1. The van der Waals surface area contributed by atoms with Crippen LogP contribution in [0.3, 0.4) is 0 Å². The number of rotatable bonds is 5. The van der Waals surface area contributed by atoms with E-state index in [0.717, 1.165) is 10.1 Å². The standard InChI is InChI=1S/C19H16N2O5S/c1-3-26-19(23)17-10-13-8-14(6-7-16(13)27-17)20-18(22)12-5-4-11(2)15(9-12)21(24)25/h4-10H,3H2,1-2H3,(H,20,22). The lowest BCUT2D eigenvalue weighted by Crippen LogP contribution is -2.12. The number of nitro groups is 1. The maximum atomic E-state index is 12.4. The van der Waals surface area contributed by atoms with Gasteiger partial charge < -0.3 is 10.1 Å². The Morgan fingerprint density at radius 2 is 1.96 bits per heavy atom. The molecule has 1 aromatic heterocycles. The summed E-state index contributed by atoms with van der Waals surface area (Å²) in [4.78, 5) is 35.3. The second-order valence-electron chi connectivity index (χ2n) is 5.80. The predicted octanol–water partition coefficient (Wildman–Crippen LogP) is 4.55. The van der Waals surface area contributed by atoms with Crippen LogP contribution >= 0.6 is 11.3 Å². The summed E-state index contributed by atoms with van der Waals surface area (Å²) in [6.07, 6.45) is 0. The number of benzene rings is 2. The lowest BCUT2D eigenvalue weighted by Gasteiger charge is -2.06. The SMILES string of the molecule is CCOC(=O)c1cc2cc(NC(=O)c3ccc(C)c([N+](=O)[O-])c3)ccc2s1. The summed E-state index contributed by atoms with van der Waals surface area (Å²) in [7, 11) is 0. The highest BCUT2D eigenvalue weighted by Crippen LogP contribution is 2.29. The second-order valence-corrected chi connectivity index (χ2v) is 6.88. The summed E-state index contributed by atoms with van der Waals surface area (Å²) in [5.74, 6) is -0.824. The normalized spacial score (nSPS) is 10.6. The number of nitrogens with zero attached hydrogens (tertiary/aromatic N) is 1. The monoisotopic (exact) mass is 384 g/mol. The molecule has 0 saturated heterocycles. The van der Waals surface area contributed by atoms with Gasteiger partial charge in [0.25, 0.3) is 11.6 Å². The van der Waals surface area contributed by atoms with Crippen LogP contribution in [0.15, 0.2) is 42.5 Å².